The van der Waals surface area contributed by atoms with Crippen LogP contribution in [0, 0.1) is 0 Å². The fourth-order valence-corrected chi connectivity index (χ4v) is 2.71. The van der Waals surface area contributed by atoms with Crippen LogP contribution in [0.2, 0.25) is 0 Å². The molecule has 1 heterocycles. The Kier molecular flexibility index (Phi) is 7.70. The van der Waals surface area contributed by atoms with E-state index >= 15 is 0 Å². The summed E-state index contributed by atoms with van der Waals surface area (Å²) in [6.07, 6.45) is 6.44. The summed E-state index contributed by atoms with van der Waals surface area (Å²) in [6.45, 7) is 7.59. The average molecular weight is 425 g/mol. The number of nitrogens with zero attached hydrogens (tertiary/aromatic N) is 1. The van der Waals surface area contributed by atoms with Crippen LogP contribution in [0.5, 0.6) is 5.75 Å². The maximum absolute atomic E-state index is 12.9. The number of amides is 2. The van der Waals surface area contributed by atoms with Crippen LogP contribution < -0.4 is 15.4 Å². The largest absolute Gasteiger partial charge is 0.458 e. The fraction of sp³-hybridized carbons (Fsp3) is 0.0385. The highest BCUT2D eigenvalue weighted by atomic mass is 16.5. The predicted molar refractivity (Wildman–Crippen MR) is 124 cm³/mol. The van der Waals surface area contributed by atoms with Gasteiger partial charge in [0.05, 0.1) is 0 Å². The van der Waals surface area contributed by atoms with Gasteiger partial charge in [0.15, 0.2) is 0 Å². The molecule has 0 saturated carbocycles. The molecule has 0 aliphatic rings. The van der Waals surface area contributed by atoms with Crippen LogP contribution in [0.3, 0.4) is 0 Å². The van der Waals surface area contributed by atoms with E-state index in [1.807, 2.05) is 12.1 Å². The average Bonchev–Trinajstić information content (AvgIpc) is 2.84. The van der Waals surface area contributed by atoms with Crippen LogP contribution in [-0.4, -0.2) is 16.8 Å². The van der Waals surface area contributed by atoms with Crippen molar-refractivity contribution in [3.05, 3.63) is 127 Å². The molecule has 2 aromatic carbocycles. The van der Waals surface area contributed by atoms with Crippen molar-refractivity contribution < 1.29 is 14.3 Å². The molecule has 0 spiro atoms. The fourth-order valence-electron chi connectivity index (χ4n) is 2.71. The molecule has 0 bridgehead atoms. The summed E-state index contributed by atoms with van der Waals surface area (Å²) in [4.78, 5) is 29.6. The standard InChI is InChI=1S/C26H23N3O3/c1-3-19(2)32-23-13-11-20(12-14-23)16-24(29-25(30)22-9-5-4-6-10-22)26(31)28-18-21-8-7-15-27-17-21/h3-17H,1-2,18H2,(H,28,31)(H,29,30)/b24-16-. The third-order valence-corrected chi connectivity index (χ3v) is 4.37. The zero-order valence-corrected chi connectivity index (χ0v) is 17.5. The van der Waals surface area contributed by atoms with E-state index in [-0.39, 0.29) is 18.1 Å². The van der Waals surface area contributed by atoms with Crippen LogP contribution in [0.4, 0.5) is 0 Å². The van der Waals surface area contributed by atoms with Crippen molar-refractivity contribution in [2.75, 3.05) is 0 Å². The Morgan fingerprint density at radius 1 is 1.00 bits per heavy atom. The molecular weight excluding hydrogens is 402 g/mol. The van der Waals surface area contributed by atoms with Crippen molar-refractivity contribution in [2.24, 2.45) is 0 Å². The molecular formula is C26H23N3O3. The van der Waals surface area contributed by atoms with E-state index in [0.717, 1.165) is 5.56 Å². The zero-order valence-electron chi connectivity index (χ0n) is 17.5. The summed E-state index contributed by atoms with van der Waals surface area (Å²) in [5.41, 5.74) is 2.12. The van der Waals surface area contributed by atoms with Gasteiger partial charge in [-0.1, -0.05) is 49.6 Å². The van der Waals surface area contributed by atoms with Crippen LogP contribution >= 0.6 is 0 Å². The number of ether oxygens (including phenoxy) is 1. The second kappa shape index (κ2) is 11.1. The molecule has 6 nitrogen and oxygen atoms in total. The first-order valence-corrected chi connectivity index (χ1v) is 9.89. The third kappa shape index (κ3) is 6.53. The molecule has 0 aliphatic heterocycles. The summed E-state index contributed by atoms with van der Waals surface area (Å²) in [6, 6.07) is 19.4. The Balaban J connectivity index is 1.80. The smallest absolute Gasteiger partial charge is 0.268 e. The molecule has 0 aliphatic carbocycles. The van der Waals surface area contributed by atoms with Crippen LogP contribution in [-0.2, 0) is 11.3 Å². The number of hydrogen-bond acceptors (Lipinski definition) is 4. The Labute approximate surface area is 187 Å². The van der Waals surface area contributed by atoms with Gasteiger partial charge in [-0.25, -0.2) is 0 Å². The van der Waals surface area contributed by atoms with E-state index in [0.29, 0.717) is 22.6 Å². The van der Waals surface area contributed by atoms with Crippen molar-refractivity contribution in [3.8, 4) is 5.75 Å². The van der Waals surface area contributed by atoms with Gasteiger partial charge in [-0.2, -0.15) is 0 Å². The van der Waals surface area contributed by atoms with Gasteiger partial charge in [0.1, 0.15) is 17.2 Å². The lowest BCUT2D eigenvalue weighted by Gasteiger charge is -2.12. The lowest BCUT2D eigenvalue weighted by Crippen LogP contribution is -2.34. The van der Waals surface area contributed by atoms with Gasteiger partial charge in [-0.15, -0.1) is 0 Å². The maximum Gasteiger partial charge on any atom is 0.268 e. The predicted octanol–water partition coefficient (Wildman–Crippen LogP) is 4.25. The van der Waals surface area contributed by atoms with E-state index in [9.17, 15) is 9.59 Å². The molecule has 0 saturated heterocycles. The third-order valence-electron chi connectivity index (χ3n) is 4.37. The summed E-state index contributed by atoms with van der Waals surface area (Å²) in [7, 11) is 0. The first kappa shape index (κ1) is 22.2. The first-order valence-electron chi connectivity index (χ1n) is 9.89. The number of nitrogens with one attached hydrogen (secondary N) is 2. The van der Waals surface area contributed by atoms with E-state index in [1.54, 1.807) is 73.1 Å². The maximum atomic E-state index is 12.9. The molecule has 0 unspecified atom stereocenters. The van der Waals surface area contributed by atoms with Crippen molar-refractivity contribution >= 4 is 17.9 Å². The highest BCUT2D eigenvalue weighted by molar-refractivity contribution is 6.05. The number of carbonyl (C=O) groups is 2. The van der Waals surface area contributed by atoms with Crippen LogP contribution in [0.15, 0.2) is 110 Å². The van der Waals surface area contributed by atoms with E-state index < -0.39 is 5.91 Å². The first-order chi connectivity index (χ1) is 15.5. The highest BCUT2D eigenvalue weighted by Gasteiger charge is 2.14. The number of carbonyl (C=O) groups excluding carboxylic acids is 2. The number of pyridine rings is 1. The monoisotopic (exact) mass is 425 g/mol. The van der Waals surface area contributed by atoms with E-state index in [1.165, 1.54) is 6.08 Å². The Morgan fingerprint density at radius 2 is 1.75 bits per heavy atom. The number of allylic oxidation sites excluding steroid dienone is 1. The Bertz CT molecular complexity index is 1120. The second-order valence-electron chi connectivity index (χ2n) is 6.76. The summed E-state index contributed by atoms with van der Waals surface area (Å²) in [5.74, 6) is 0.218. The van der Waals surface area contributed by atoms with E-state index in [4.69, 9.17) is 4.74 Å². The zero-order chi connectivity index (χ0) is 22.8. The normalized spacial score (nSPS) is 10.7. The van der Waals surface area contributed by atoms with Gasteiger partial charge in [-0.3, -0.25) is 14.6 Å². The van der Waals surface area contributed by atoms with Crippen molar-refractivity contribution in [1.82, 2.24) is 15.6 Å². The highest BCUT2D eigenvalue weighted by Crippen LogP contribution is 2.17. The molecule has 3 rings (SSSR count). The van der Waals surface area contributed by atoms with Crippen LogP contribution in [0.1, 0.15) is 21.5 Å². The summed E-state index contributed by atoms with van der Waals surface area (Å²) < 4.78 is 5.49. The second-order valence-corrected chi connectivity index (χ2v) is 6.76. The number of aromatic nitrogens is 1. The number of benzene rings is 2. The Hall–Kier alpha value is -4.45. The minimum absolute atomic E-state index is 0.118. The SMILES string of the molecule is C=CC(=C)Oc1ccc(/C=C(\NC(=O)c2ccccc2)C(=O)NCc2cccnc2)cc1. The van der Waals surface area contributed by atoms with Crippen molar-refractivity contribution in [2.45, 2.75) is 6.54 Å². The van der Waals surface area contributed by atoms with Gasteiger partial charge in [-0.05, 0) is 53.6 Å². The summed E-state index contributed by atoms with van der Waals surface area (Å²) in [5, 5.41) is 5.52. The molecule has 0 fully saturated rings. The van der Waals surface area contributed by atoms with E-state index in [2.05, 4.69) is 28.8 Å². The van der Waals surface area contributed by atoms with Gasteiger partial charge in [0.2, 0.25) is 0 Å². The number of hydrogen-bond donors (Lipinski definition) is 2. The van der Waals surface area contributed by atoms with Gasteiger partial charge in [0, 0.05) is 24.5 Å². The number of rotatable bonds is 9. The Morgan fingerprint density at radius 3 is 2.41 bits per heavy atom. The molecule has 0 radical (unpaired) electrons. The molecule has 0 atom stereocenters. The van der Waals surface area contributed by atoms with Crippen LogP contribution in [0.25, 0.3) is 6.08 Å². The molecule has 3 aromatic rings. The summed E-state index contributed by atoms with van der Waals surface area (Å²) >= 11 is 0. The molecule has 32 heavy (non-hydrogen) atoms. The quantitative estimate of drug-likeness (QED) is 0.305. The molecule has 160 valence electrons. The molecule has 2 N–H and O–H groups in total. The minimum atomic E-state index is -0.418. The van der Waals surface area contributed by atoms with Gasteiger partial charge in [0.25, 0.3) is 11.8 Å². The topological polar surface area (TPSA) is 80.3 Å². The van der Waals surface area contributed by atoms with Gasteiger partial charge < -0.3 is 15.4 Å². The van der Waals surface area contributed by atoms with Gasteiger partial charge >= 0.3 is 0 Å². The van der Waals surface area contributed by atoms with Crippen molar-refractivity contribution in [3.63, 3.8) is 0 Å². The van der Waals surface area contributed by atoms with Crippen molar-refractivity contribution in [1.29, 1.82) is 0 Å². The minimum Gasteiger partial charge on any atom is -0.458 e. The molecule has 1 aromatic heterocycles. The molecule has 6 heteroatoms. The lowest BCUT2D eigenvalue weighted by atomic mass is 10.1. The lowest BCUT2D eigenvalue weighted by molar-refractivity contribution is -0.117. The molecule has 2 amide bonds.